The molecule has 0 heterocycles. The van der Waals surface area contributed by atoms with Crippen molar-refractivity contribution in [2.45, 2.75) is 51.3 Å². The van der Waals surface area contributed by atoms with E-state index in [2.05, 4.69) is 0 Å². The minimum absolute atomic E-state index is 0.122. The van der Waals surface area contributed by atoms with Gasteiger partial charge in [-0.1, -0.05) is 0 Å². The van der Waals surface area contributed by atoms with Gasteiger partial charge in [0.05, 0.1) is 9.79 Å². The van der Waals surface area contributed by atoms with Crippen molar-refractivity contribution in [3.63, 3.8) is 0 Å². The Morgan fingerprint density at radius 2 is 0.957 bits per heavy atom. The quantitative estimate of drug-likeness (QED) is 0.876. The van der Waals surface area contributed by atoms with Gasteiger partial charge < -0.3 is 10.2 Å². The van der Waals surface area contributed by atoms with Crippen LogP contribution in [0.2, 0.25) is 0 Å². The van der Waals surface area contributed by atoms with E-state index in [1.807, 2.05) is 0 Å². The Bertz CT molecular complexity index is 840. The predicted molar refractivity (Wildman–Crippen MR) is 90.1 cm³/mol. The average Bonchev–Trinajstić information content (AvgIpc) is 2.49. The van der Waals surface area contributed by atoms with Crippen LogP contribution in [0.5, 0.6) is 11.5 Å². The van der Waals surface area contributed by atoms with Gasteiger partial charge in [-0.05, 0) is 87.1 Å². The normalized spacial score (nSPS) is 11.7. The summed E-state index contributed by atoms with van der Waals surface area (Å²) in [5.74, 6) is 0.243. The van der Waals surface area contributed by atoms with Gasteiger partial charge in [0, 0.05) is 0 Å². The molecular weight excluding hydrogens is 312 g/mol. The number of phenolic OH excluding ortho intramolecular Hbond substituents is 2. The smallest absolute Gasteiger partial charge is 0.207 e. The van der Waals surface area contributed by atoms with Crippen LogP contribution in [0.25, 0.3) is 0 Å². The first-order valence-corrected chi connectivity index (χ1v) is 8.83. The summed E-state index contributed by atoms with van der Waals surface area (Å²) in [4.78, 5) is 0.385. The first kappa shape index (κ1) is 17.3. The zero-order valence-corrected chi connectivity index (χ0v) is 15.1. The number of rotatable bonds is 2. The van der Waals surface area contributed by atoms with Crippen LogP contribution in [0.15, 0.2) is 21.9 Å². The third kappa shape index (κ3) is 2.59. The molecule has 0 saturated carbocycles. The van der Waals surface area contributed by atoms with Gasteiger partial charge in [-0.2, -0.15) is 0 Å². The molecule has 0 aliphatic heterocycles. The molecule has 2 aromatic rings. The van der Waals surface area contributed by atoms with Gasteiger partial charge >= 0.3 is 0 Å². The molecular formula is C18H22O4S. The highest BCUT2D eigenvalue weighted by Gasteiger charge is 2.26. The molecule has 2 aromatic carbocycles. The lowest BCUT2D eigenvalue weighted by Gasteiger charge is -2.17. The molecule has 0 radical (unpaired) electrons. The number of phenols is 2. The summed E-state index contributed by atoms with van der Waals surface area (Å²) in [5.41, 5.74) is 3.25. The topological polar surface area (TPSA) is 74.6 Å². The molecule has 0 unspecified atom stereocenters. The minimum Gasteiger partial charge on any atom is -0.507 e. The van der Waals surface area contributed by atoms with Gasteiger partial charge in [0.1, 0.15) is 11.5 Å². The molecule has 2 rings (SSSR count). The van der Waals surface area contributed by atoms with Crippen molar-refractivity contribution in [1.29, 1.82) is 0 Å². The predicted octanol–water partition coefficient (Wildman–Crippen LogP) is 3.78. The van der Waals surface area contributed by atoms with Crippen LogP contribution in [0.4, 0.5) is 0 Å². The van der Waals surface area contributed by atoms with Crippen LogP contribution in [0, 0.1) is 41.5 Å². The van der Waals surface area contributed by atoms with Gasteiger partial charge in [-0.25, -0.2) is 8.42 Å². The van der Waals surface area contributed by atoms with Gasteiger partial charge in [0.25, 0.3) is 0 Å². The Morgan fingerprint density at radius 1 is 0.652 bits per heavy atom. The van der Waals surface area contributed by atoms with E-state index in [9.17, 15) is 18.6 Å². The maximum Gasteiger partial charge on any atom is 0.207 e. The summed E-state index contributed by atoms with van der Waals surface area (Å²) in [6.45, 7) is 10.2. The number of hydrogen-bond donors (Lipinski definition) is 2. The summed E-state index contributed by atoms with van der Waals surface area (Å²) >= 11 is 0. The van der Waals surface area contributed by atoms with E-state index in [0.29, 0.717) is 33.4 Å². The fraction of sp³-hybridized carbons (Fsp3) is 0.333. The van der Waals surface area contributed by atoms with Crippen LogP contribution in [-0.2, 0) is 9.84 Å². The molecule has 0 saturated heterocycles. The van der Waals surface area contributed by atoms with E-state index in [0.717, 1.165) is 0 Å². The highest BCUT2D eigenvalue weighted by Crippen LogP contribution is 2.37. The van der Waals surface area contributed by atoms with Crippen LogP contribution >= 0.6 is 0 Å². The number of sulfone groups is 1. The van der Waals surface area contributed by atoms with Crippen molar-refractivity contribution in [3.05, 3.63) is 45.5 Å². The molecule has 0 aromatic heterocycles. The van der Waals surface area contributed by atoms with E-state index in [1.54, 1.807) is 41.5 Å². The number of aryl methyl sites for hydroxylation is 2. The van der Waals surface area contributed by atoms with E-state index in [-0.39, 0.29) is 21.3 Å². The van der Waals surface area contributed by atoms with Gasteiger partial charge in [-0.3, -0.25) is 0 Å². The lowest BCUT2D eigenvalue weighted by atomic mass is 10.1. The van der Waals surface area contributed by atoms with Crippen molar-refractivity contribution in [2.24, 2.45) is 0 Å². The van der Waals surface area contributed by atoms with Crippen molar-refractivity contribution in [3.8, 4) is 11.5 Å². The van der Waals surface area contributed by atoms with Crippen molar-refractivity contribution in [2.75, 3.05) is 0 Å². The molecule has 4 nitrogen and oxygen atoms in total. The second-order valence-electron chi connectivity index (χ2n) is 6.08. The maximum absolute atomic E-state index is 13.1. The molecule has 0 aliphatic carbocycles. The Kier molecular flexibility index (Phi) is 4.20. The number of aromatic hydroxyl groups is 2. The van der Waals surface area contributed by atoms with E-state index < -0.39 is 9.84 Å². The fourth-order valence-electron chi connectivity index (χ4n) is 2.74. The van der Waals surface area contributed by atoms with Crippen molar-refractivity contribution in [1.82, 2.24) is 0 Å². The first-order valence-electron chi connectivity index (χ1n) is 7.34. The Morgan fingerprint density at radius 3 is 1.26 bits per heavy atom. The average molecular weight is 334 g/mol. The highest BCUT2D eigenvalue weighted by atomic mass is 32.2. The van der Waals surface area contributed by atoms with Crippen molar-refractivity contribution >= 4 is 9.84 Å². The lowest BCUT2D eigenvalue weighted by Crippen LogP contribution is -2.09. The van der Waals surface area contributed by atoms with E-state index in [4.69, 9.17) is 0 Å². The third-order valence-electron chi connectivity index (χ3n) is 4.60. The molecule has 0 aliphatic rings. The van der Waals surface area contributed by atoms with Gasteiger partial charge in [-0.15, -0.1) is 0 Å². The molecule has 0 spiro atoms. The fourth-order valence-corrected chi connectivity index (χ4v) is 4.75. The molecule has 0 atom stereocenters. The Balaban J connectivity index is 2.85. The molecule has 23 heavy (non-hydrogen) atoms. The van der Waals surface area contributed by atoms with Gasteiger partial charge in [0.15, 0.2) is 0 Å². The zero-order valence-electron chi connectivity index (χ0n) is 14.3. The summed E-state index contributed by atoms with van der Waals surface area (Å²) in [6, 6.07) is 3.01. The summed E-state index contributed by atoms with van der Waals surface area (Å²) < 4.78 is 26.3. The SMILES string of the molecule is Cc1cc(S(=O)(=O)c2cc(C)c(O)c(C)c2C)c(C)c(C)c1O. The van der Waals surface area contributed by atoms with Crippen LogP contribution in [0.1, 0.15) is 33.4 Å². The van der Waals surface area contributed by atoms with Crippen LogP contribution < -0.4 is 0 Å². The third-order valence-corrected chi connectivity index (χ3v) is 6.60. The summed E-state index contributed by atoms with van der Waals surface area (Å²) in [7, 11) is -3.75. The number of hydrogen-bond acceptors (Lipinski definition) is 4. The van der Waals surface area contributed by atoms with Gasteiger partial charge in [0.2, 0.25) is 9.84 Å². The number of benzene rings is 2. The Labute approximate surface area is 137 Å². The Hall–Kier alpha value is -2.01. The molecule has 0 fully saturated rings. The molecule has 124 valence electrons. The van der Waals surface area contributed by atoms with E-state index in [1.165, 1.54) is 12.1 Å². The maximum atomic E-state index is 13.1. The van der Waals surface area contributed by atoms with E-state index >= 15 is 0 Å². The van der Waals surface area contributed by atoms with Crippen LogP contribution in [-0.4, -0.2) is 18.6 Å². The highest BCUT2D eigenvalue weighted by molar-refractivity contribution is 7.91. The zero-order chi connectivity index (χ0) is 17.7. The summed E-state index contributed by atoms with van der Waals surface area (Å²) in [5, 5.41) is 20.0. The summed E-state index contributed by atoms with van der Waals surface area (Å²) in [6.07, 6.45) is 0. The molecule has 0 amide bonds. The first-order chi connectivity index (χ1) is 10.5. The second-order valence-corrected chi connectivity index (χ2v) is 7.97. The van der Waals surface area contributed by atoms with Crippen molar-refractivity contribution < 1.29 is 18.6 Å². The molecule has 5 heteroatoms. The second kappa shape index (κ2) is 5.57. The largest absolute Gasteiger partial charge is 0.507 e. The molecule has 0 bridgehead atoms. The standard InChI is InChI=1S/C18H22O4S/c1-9-7-15(11(3)13(5)17(9)19)23(21,22)16-8-10(2)18(20)14(6)12(16)4/h7-8,19-20H,1-6H3. The molecule has 2 N–H and O–H groups in total. The minimum atomic E-state index is -3.75. The lowest BCUT2D eigenvalue weighted by molar-refractivity contribution is 0.465. The monoisotopic (exact) mass is 334 g/mol. The van der Waals surface area contributed by atoms with Crippen LogP contribution in [0.3, 0.4) is 0 Å².